The first-order chi connectivity index (χ1) is 14.2. The van der Waals surface area contributed by atoms with Crippen LogP contribution in [0.15, 0.2) is 15.5 Å². The zero-order valence-electron chi connectivity index (χ0n) is 18.1. The molecule has 0 spiro atoms. The minimum atomic E-state index is -3.22. The van der Waals surface area contributed by atoms with E-state index < -0.39 is 25.2 Å². The second-order valence-electron chi connectivity index (χ2n) is 7.23. The third kappa shape index (κ3) is 5.18. The van der Waals surface area contributed by atoms with Gasteiger partial charge in [-0.1, -0.05) is 6.92 Å². The summed E-state index contributed by atoms with van der Waals surface area (Å²) in [4.78, 5) is 12.5. The van der Waals surface area contributed by atoms with Crippen LogP contribution in [0.25, 0.3) is 0 Å². The Hall–Kier alpha value is -0.740. The van der Waals surface area contributed by atoms with Gasteiger partial charge in [0.05, 0.1) is 61.4 Å². The Balaban J connectivity index is 2.22. The van der Waals surface area contributed by atoms with Crippen molar-refractivity contribution >= 4 is 23.5 Å². The topological polar surface area (TPSA) is 105 Å². The molecular weight excluding hydrogens is 481 g/mol. The average Bonchev–Trinajstić information content (AvgIpc) is 2.70. The van der Waals surface area contributed by atoms with Crippen molar-refractivity contribution in [2.24, 2.45) is 5.41 Å². The first kappa shape index (κ1) is 25.5. The Morgan fingerprint density at radius 3 is 2.47 bits per heavy atom. The number of hydrogen-bond donors (Lipinski definition) is 1. The maximum atomic E-state index is 12.6. The number of aliphatic hydroxyl groups is 1. The highest BCUT2D eigenvalue weighted by Gasteiger charge is 2.48. The Bertz CT molecular complexity index is 821. The summed E-state index contributed by atoms with van der Waals surface area (Å²) in [6.07, 6.45) is 0.239. The van der Waals surface area contributed by atoms with E-state index in [9.17, 15) is 14.5 Å². The number of halogens is 1. The monoisotopic (exact) mass is 511 g/mol. The third-order valence-corrected chi connectivity index (χ3v) is 7.88. The number of ether oxygens (including phenoxy) is 3. The van der Waals surface area contributed by atoms with E-state index in [0.29, 0.717) is 16.7 Å². The van der Waals surface area contributed by atoms with Crippen molar-refractivity contribution in [3.05, 3.63) is 26.6 Å². The molecule has 1 N–H and O–H groups in total. The van der Waals surface area contributed by atoms with Gasteiger partial charge in [-0.05, 0) is 29.8 Å². The maximum Gasteiger partial charge on any atom is 0.332 e. The van der Waals surface area contributed by atoms with Crippen molar-refractivity contribution in [1.82, 2.24) is 4.57 Å². The highest BCUT2D eigenvalue weighted by molar-refractivity contribution is 9.10. The molecule has 0 saturated heterocycles. The van der Waals surface area contributed by atoms with Crippen LogP contribution >= 0.6 is 23.5 Å². The summed E-state index contributed by atoms with van der Waals surface area (Å²) >= 11 is 3.24. The quantitative estimate of drug-likeness (QED) is 0.357. The van der Waals surface area contributed by atoms with Crippen LogP contribution in [0.4, 0.5) is 0 Å². The molecule has 3 unspecified atom stereocenters. The molecule has 0 saturated carbocycles. The first-order valence-electron chi connectivity index (χ1n) is 9.81. The number of fused-ring (bicyclic) bond motifs is 1. The largest absolute Gasteiger partial charge is 0.491 e. The Morgan fingerprint density at radius 1 is 1.30 bits per heavy atom. The summed E-state index contributed by atoms with van der Waals surface area (Å²) in [7, 11) is -0.258. The smallest absolute Gasteiger partial charge is 0.332 e. The summed E-state index contributed by atoms with van der Waals surface area (Å²) in [6.45, 7) is 6.51. The Kier molecular flexibility index (Phi) is 9.12. The van der Waals surface area contributed by atoms with Gasteiger partial charge >= 0.3 is 7.60 Å². The minimum absolute atomic E-state index is 0.0786. The molecular formula is C19H31BrNO8P. The molecule has 9 nitrogen and oxygen atoms in total. The van der Waals surface area contributed by atoms with Gasteiger partial charge in [0.15, 0.2) is 5.75 Å². The summed E-state index contributed by atoms with van der Waals surface area (Å²) < 4.78 is 42.0. The predicted octanol–water partition coefficient (Wildman–Crippen LogP) is 2.97. The van der Waals surface area contributed by atoms with E-state index >= 15 is 0 Å². The summed E-state index contributed by atoms with van der Waals surface area (Å²) in [5, 5.41) is 11.2. The van der Waals surface area contributed by atoms with Gasteiger partial charge in [0.25, 0.3) is 0 Å². The third-order valence-electron chi connectivity index (χ3n) is 5.28. The van der Waals surface area contributed by atoms with Crippen molar-refractivity contribution in [2.75, 3.05) is 46.8 Å². The summed E-state index contributed by atoms with van der Waals surface area (Å²) in [5.41, 5.74) is -0.834. The van der Waals surface area contributed by atoms with Gasteiger partial charge < -0.3 is 32.9 Å². The number of rotatable bonds is 11. The molecule has 1 aromatic rings. The van der Waals surface area contributed by atoms with Crippen molar-refractivity contribution in [2.45, 2.75) is 39.5 Å². The van der Waals surface area contributed by atoms with Gasteiger partial charge in [0.2, 0.25) is 5.43 Å². The fraction of sp³-hybridized carbons (Fsp3) is 0.737. The minimum Gasteiger partial charge on any atom is -0.491 e. The molecule has 0 fully saturated rings. The lowest BCUT2D eigenvalue weighted by Gasteiger charge is -2.45. The van der Waals surface area contributed by atoms with Gasteiger partial charge in [-0.25, -0.2) is 0 Å². The molecule has 0 aliphatic carbocycles. The molecule has 2 rings (SSSR count). The van der Waals surface area contributed by atoms with E-state index in [1.807, 2.05) is 6.92 Å². The van der Waals surface area contributed by atoms with Crippen molar-refractivity contribution in [3.8, 4) is 5.75 Å². The Morgan fingerprint density at radius 2 is 1.93 bits per heavy atom. The van der Waals surface area contributed by atoms with E-state index in [-0.39, 0.29) is 43.8 Å². The number of aliphatic hydroxyl groups excluding tert-OH is 1. The molecule has 1 aromatic heterocycles. The standard InChI is InChI=1S/C19H31BrNO8P/c1-6-28-30(24,29-7-2)9-8-27-12-19(3)14(25-4)11-21-10-13(20)16(22)17(26-5)15(21)18(19)23/h10,14,18,23H,6-9,11-12H2,1-5H3. The first-order valence-corrected chi connectivity index (χ1v) is 12.3. The molecule has 1 aliphatic rings. The van der Waals surface area contributed by atoms with Crippen molar-refractivity contribution in [1.29, 1.82) is 0 Å². The molecule has 0 radical (unpaired) electrons. The second-order valence-corrected chi connectivity index (χ2v) is 10.3. The van der Waals surface area contributed by atoms with E-state index in [2.05, 4.69) is 15.9 Å². The molecule has 1 aliphatic heterocycles. The molecule has 0 aromatic carbocycles. The number of methoxy groups -OCH3 is 2. The number of nitrogens with zero attached hydrogens (tertiary/aromatic N) is 1. The lowest BCUT2D eigenvalue weighted by Crippen LogP contribution is -2.50. The normalized spacial score (nSPS) is 24.0. The molecule has 0 amide bonds. The second kappa shape index (κ2) is 10.7. The van der Waals surface area contributed by atoms with E-state index in [1.54, 1.807) is 31.7 Å². The fourth-order valence-corrected chi connectivity index (χ4v) is 5.57. The summed E-state index contributed by atoms with van der Waals surface area (Å²) in [5.74, 6) is 0.0786. The van der Waals surface area contributed by atoms with E-state index in [0.717, 1.165) is 0 Å². The van der Waals surface area contributed by atoms with Gasteiger partial charge in [0.1, 0.15) is 6.10 Å². The zero-order valence-corrected chi connectivity index (χ0v) is 20.5. The van der Waals surface area contributed by atoms with Gasteiger partial charge in [-0.3, -0.25) is 9.36 Å². The molecule has 11 heteroatoms. The molecule has 3 atom stereocenters. The van der Waals surface area contributed by atoms with Crippen LogP contribution < -0.4 is 10.2 Å². The Labute approximate surface area is 185 Å². The van der Waals surface area contributed by atoms with Gasteiger partial charge in [-0.15, -0.1) is 0 Å². The number of hydrogen-bond acceptors (Lipinski definition) is 8. The molecule has 172 valence electrons. The van der Waals surface area contributed by atoms with Gasteiger partial charge in [0, 0.05) is 19.9 Å². The lowest BCUT2D eigenvalue weighted by molar-refractivity contribution is -0.139. The van der Waals surface area contributed by atoms with E-state index in [4.69, 9.17) is 23.3 Å². The number of pyridine rings is 1. The molecule has 2 heterocycles. The van der Waals surface area contributed by atoms with Crippen LogP contribution in [-0.2, 0) is 29.6 Å². The number of aromatic nitrogens is 1. The van der Waals surface area contributed by atoms with Crippen LogP contribution in [0.3, 0.4) is 0 Å². The molecule has 0 bridgehead atoms. The predicted molar refractivity (Wildman–Crippen MR) is 115 cm³/mol. The average molecular weight is 512 g/mol. The van der Waals surface area contributed by atoms with Crippen molar-refractivity contribution < 1.29 is 32.9 Å². The fourth-order valence-electron chi connectivity index (χ4n) is 3.67. The van der Waals surface area contributed by atoms with E-state index in [1.165, 1.54) is 7.11 Å². The van der Waals surface area contributed by atoms with Crippen LogP contribution in [0.2, 0.25) is 0 Å². The lowest BCUT2D eigenvalue weighted by atomic mass is 9.75. The molecule has 30 heavy (non-hydrogen) atoms. The SMILES string of the molecule is CCOP(=O)(CCOCC1(C)C(OC)Cn2cc(Br)c(=O)c(OC)c2C1O)OCC. The van der Waals surface area contributed by atoms with Crippen LogP contribution in [0.1, 0.15) is 32.6 Å². The van der Waals surface area contributed by atoms with Crippen LogP contribution in [-0.4, -0.2) is 62.6 Å². The summed E-state index contributed by atoms with van der Waals surface area (Å²) in [6, 6.07) is 0. The zero-order chi connectivity index (χ0) is 22.5. The van der Waals surface area contributed by atoms with Crippen molar-refractivity contribution in [3.63, 3.8) is 0 Å². The van der Waals surface area contributed by atoms with Crippen LogP contribution in [0, 0.1) is 5.41 Å². The highest BCUT2D eigenvalue weighted by Crippen LogP contribution is 2.48. The van der Waals surface area contributed by atoms with Crippen LogP contribution in [0.5, 0.6) is 5.75 Å². The van der Waals surface area contributed by atoms with Gasteiger partial charge in [-0.2, -0.15) is 0 Å². The highest BCUT2D eigenvalue weighted by atomic mass is 79.9. The maximum absolute atomic E-state index is 12.6.